The zero-order chi connectivity index (χ0) is 22.6. The Morgan fingerprint density at radius 2 is 2.00 bits per heavy atom. The quantitative estimate of drug-likeness (QED) is 0.222. The molecule has 1 heterocycles. The van der Waals surface area contributed by atoms with Gasteiger partial charge in [0.2, 0.25) is 0 Å². The molecule has 2 N–H and O–H groups in total. The molecule has 0 bridgehead atoms. The normalized spacial score (nSPS) is 14.9. The molecule has 0 spiro atoms. The van der Waals surface area contributed by atoms with Crippen LogP contribution in [0.2, 0.25) is 0 Å². The standard InChI is InChI=1S/C20H21O9PS.Na.H/c1-3-8-27-17-11-20-19(28-12-31(20)25)10-14(17)15(21)6-4-13-5-7-16(26-2)18(9-13)29-30(22,23)24;;/h4-7,9-11H,3,8,12H2,1-2H3,(H2,22,23,24);;/q;+1;-1/b6-4+;;. The third-order valence-corrected chi connectivity index (χ3v) is 5.75. The minimum atomic E-state index is -4.79. The van der Waals surface area contributed by atoms with Gasteiger partial charge in [-0.2, -0.15) is 0 Å². The van der Waals surface area contributed by atoms with Gasteiger partial charge in [0, 0.05) is 6.07 Å². The van der Waals surface area contributed by atoms with Crippen LogP contribution in [0.15, 0.2) is 41.3 Å². The van der Waals surface area contributed by atoms with Crippen molar-refractivity contribution >= 4 is 30.5 Å². The maximum Gasteiger partial charge on any atom is 1.00 e. The van der Waals surface area contributed by atoms with Gasteiger partial charge in [-0.3, -0.25) is 18.8 Å². The Hall–Kier alpha value is -1.65. The van der Waals surface area contributed by atoms with E-state index in [0.717, 1.165) is 6.42 Å². The molecule has 1 aliphatic rings. The molecule has 3 rings (SSSR count). The first-order chi connectivity index (χ1) is 14.7. The van der Waals surface area contributed by atoms with Gasteiger partial charge >= 0.3 is 37.4 Å². The molecule has 0 fully saturated rings. The Morgan fingerprint density at radius 3 is 2.66 bits per heavy atom. The molecule has 0 radical (unpaired) electrons. The minimum absolute atomic E-state index is 0. The molecule has 1 aliphatic heterocycles. The van der Waals surface area contributed by atoms with Crippen LogP contribution in [0.4, 0.5) is 0 Å². The van der Waals surface area contributed by atoms with Crippen molar-refractivity contribution in [1.82, 2.24) is 0 Å². The van der Waals surface area contributed by atoms with Crippen LogP contribution in [0.3, 0.4) is 0 Å². The van der Waals surface area contributed by atoms with Gasteiger partial charge in [-0.05, 0) is 36.3 Å². The molecule has 32 heavy (non-hydrogen) atoms. The van der Waals surface area contributed by atoms with Crippen molar-refractivity contribution < 1.29 is 73.1 Å². The number of methoxy groups -OCH3 is 1. The first kappa shape index (κ1) is 26.6. The van der Waals surface area contributed by atoms with Crippen LogP contribution < -0.4 is 48.3 Å². The van der Waals surface area contributed by atoms with Crippen LogP contribution >= 0.6 is 7.82 Å². The Kier molecular flexibility index (Phi) is 9.53. The average molecular weight is 492 g/mol. The van der Waals surface area contributed by atoms with Gasteiger partial charge in [-0.15, -0.1) is 0 Å². The van der Waals surface area contributed by atoms with Crippen molar-refractivity contribution in [2.75, 3.05) is 19.7 Å². The van der Waals surface area contributed by atoms with Crippen molar-refractivity contribution in [2.45, 2.75) is 18.2 Å². The molecule has 0 aromatic heterocycles. The first-order valence-corrected chi connectivity index (χ1v) is 12.0. The summed E-state index contributed by atoms with van der Waals surface area (Å²) in [5.74, 6) is 0.305. The fourth-order valence-corrected chi connectivity index (χ4v) is 4.14. The van der Waals surface area contributed by atoms with E-state index in [1.165, 1.54) is 37.5 Å². The molecule has 2 aromatic carbocycles. The maximum atomic E-state index is 12.8. The second kappa shape index (κ2) is 11.5. The molecular weight excluding hydrogens is 470 g/mol. The summed E-state index contributed by atoms with van der Waals surface area (Å²) in [5.41, 5.74) is 0.703. The molecule has 168 valence electrons. The van der Waals surface area contributed by atoms with E-state index >= 15 is 0 Å². The molecule has 12 heteroatoms. The number of ketones is 1. The first-order valence-electron chi connectivity index (χ1n) is 9.19. The van der Waals surface area contributed by atoms with E-state index in [1.807, 2.05) is 6.92 Å². The second-order valence-electron chi connectivity index (χ2n) is 6.44. The fourth-order valence-electron chi connectivity index (χ4n) is 2.79. The predicted molar refractivity (Wildman–Crippen MR) is 114 cm³/mol. The van der Waals surface area contributed by atoms with Gasteiger partial charge in [0.05, 0.1) is 35.0 Å². The summed E-state index contributed by atoms with van der Waals surface area (Å²) in [6, 6.07) is 7.47. The number of benzene rings is 2. The van der Waals surface area contributed by atoms with Crippen molar-refractivity contribution in [3.63, 3.8) is 0 Å². The number of allylic oxidation sites excluding steroid dienone is 1. The summed E-state index contributed by atoms with van der Waals surface area (Å²) in [4.78, 5) is 31.4. The van der Waals surface area contributed by atoms with Crippen molar-refractivity contribution in [3.8, 4) is 23.0 Å². The molecule has 1 atom stereocenters. The van der Waals surface area contributed by atoms with Gasteiger partial charge in [0.25, 0.3) is 0 Å². The largest absolute Gasteiger partial charge is 1.00 e. The Bertz CT molecular complexity index is 1100. The zero-order valence-corrected chi connectivity index (χ0v) is 21.5. The van der Waals surface area contributed by atoms with Gasteiger partial charge < -0.3 is 20.2 Å². The number of ether oxygens (including phenoxy) is 3. The van der Waals surface area contributed by atoms with Gasteiger partial charge in [0.15, 0.2) is 23.2 Å². The number of hydrogen-bond acceptors (Lipinski definition) is 7. The van der Waals surface area contributed by atoms with E-state index in [-0.39, 0.29) is 59.8 Å². The number of phosphoric acid groups is 1. The van der Waals surface area contributed by atoms with Crippen LogP contribution in [-0.2, 0) is 15.4 Å². The van der Waals surface area contributed by atoms with Crippen molar-refractivity contribution in [3.05, 3.63) is 47.5 Å². The third-order valence-electron chi connectivity index (χ3n) is 4.17. The Balaban J connectivity index is 0.00000272. The minimum Gasteiger partial charge on any atom is -1.00 e. The summed E-state index contributed by atoms with van der Waals surface area (Å²) in [7, 11) is -4.76. The number of fused-ring (bicyclic) bond motifs is 1. The molecule has 0 aliphatic carbocycles. The van der Waals surface area contributed by atoms with Crippen LogP contribution in [0.1, 0.15) is 30.7 Å². The fraction of sp³-hybridized carbons (Fsp3) is 0.250. The number of rotatable bonds is 9. The van der Waals surface area contributed by atoms with Crippen LogP contribution in [0.25, 0.3) is 6.08 Å². The van der Waals surface area contributed by atoms with Crippen LogP contribution in [0.5, 0.6) is 23.0 Å². The zero-order valence-electron chi connectivity index (χ0n) is 18.8. The van der Waals surface area contributed by atoms with Gasteiger partial charge in [-0.1, -0.05) is 19.1 Å². The van der Waals surface area contributed by atoms with Gasteiger partial charge in [-0.25, -0.2) is 4.57 Å². The molecule has 1 unspecified atom stereocenters. The summed E-state index contributed by atoms with van der Waals surface area (Å²) in [6.45, 7) is 2.31. The van der Waals surface area contributed by atoms with E-state index < -0.39 is 18.6 Å². The third kappa shape index (κ3) is 6.68. The number of carbonyl (C=O) groups excluding carboxylic acids is 1. The van der Waals surface area contributed by atoms with Crippen molar-refractivity contribution in [2.24, 2.45) is 0 Å². The van der Waals surface area contributed by atoms with Crippen LogP contribution in [-0.4, -0.2) is 39.4 Å². The van der Waals surface area contributed by atoms with E-state index in [4.69, 9.17) is 24.0 Å². The molecule has 0 saturated heterocycles. The average Bonchev–Trinajstić information content (AvgIpc) is 3.08. The van der Waals surface area contributed by atoms with Crippen LogP contribution in [0, 0.1) is 0 Å². The number of hydrogen-bond donors (Lipinski definition) is 2. The summed E-state index contributed by atoms with van der Waals surface area (Å²) in [5, 5.41) is 0. The van der Waals surface area contributed by atoms with Gasteiger partial charge in [0.1, 0.15) is 11.5 Å². The maximum absolute atomic E-state index is 12.8. The molecule has 2 aromatic rings. The molecule has 0 amide bonds. The number of phosphoric ester groups is 1. The van der Waals surface area contributed by atoms with E-state index in [9.17, 15) is 13.6 Å². The van der Waals surface area contributed by atoms with E-state index in [1.54, 1.807) is 12.1 Å². The summed E-state index contributed by atoms with van der Waals surface area (Å²) in [6.07, 6.45) is 3.48. The SMILES string of the molecule is CCCOc1cc2c(cc1C(=O)/C=C/c1ccc(OC)c(OP(=O)(O)O)c1)OCS2=O.[H-].[Na+]. The molecule has 0 saturated carbocycles. The molecule has 9 nitrogen and oxygen atoms in total. The predicted octanol–water partition coefficient (Wildman–Crippen LogP) is 0.426. The topological polar surface area (TPSA) is 129 Å². The molecular formula is C20H22NaO9PS. The van der Waals surface area contributed by atoms with E-state index in [0.29, 0.717) is 28.6 Å². The second-order valence-corrected chi connectivity index (χ2v) is 8.97. The Morgan fingerprint density at radius 1 is 1.25 bits per heavy atom. The Labute approximate surface area is 211 Å². The monoisotopic (exact) mass is 492 g/mol. The number of carbonyl (C=O) groups is 1. The smallest absolute Gasteiger partial charge is 1.00 e. The summed E-state index contributed by atoms with van der Waals surface area (Å²) >= 11 is 0. The van der Waals surface area contributed by atoms with Crippen molar-refractivity contribution in [1.29, 1.82) is 0 Å². The van der Waals surface area contributed by atoms with E-state index in [2.05, 4.69) is 4.52 Å². The summed E-state index contributed by atoms with van der Waals surface area (Å²) < 4.78 is 43.9.